The predicted octanol–water partition coefficient (Wildman–Crippen LogP) is 4.24. The van der Waals surface area contributed by atoms with Crippen molar-refractivity contribution < 1.29 is 9.84 Å². The third-order valence-electron chi connectivity index (χ3n) is 7.46. The average Bonchev–Trinajstić information content (AvgIpc) is 2.77. The van der Waals surface area contributed by atoms with Crippen LogP contribution in [-0.4, -0.2) is 71.1 Å². The van der Waals surface area contributed by atoms with Gasteiger partial charge in [-0.1, -0.05) is 37.1 Å². The minimum absolute atomic E-state index is 0.126. The number of nitrogens with zero attached hydrogens (tertiary/aromatic N) is 4. The molecule has 0 amide bonds. The van der Waals surface area contributed by atoms with Crippen molar-refractivity contribution in [1.29, 1.82) is 0 Å². The SMILES string of the molecule is CCN1CC[C@@]2(C)OCCN3c4nnc(C(C)/C(C)=C\C(C)=C/C(C)O)cc4[C@@]32C1.CCl. The van der Waals surface area contributed by atoms with E-state index in [4.69, 9.17) is 4.74 Å². The lowest BCUT2D eigenvalue weighted by Crippen LogP contribution is -2.77. The van der Waals surface area contributed by atoms with E-state index in [0.717, 1.165) is 56.3 Å². The molecule has 3 aliphatic rings. The number of likely N-dealkylation sites (N-methyl/N-ethyl adjacent to an activating group) is 1. The molecule has 1 aromatic heterocycles. The van der Waals surface area contributed by atoms with Gasteiger partial charge in [0.1, 0.15) is 5.54 Å². The number of hydrogen-bond donors (Lipinski definition) is 1. The first-order valence-electron chi connectivity index (χ1n) is 11.7. The third-order valence-corrected chi connectivity index (χ3v) is 7.46. The Morgan fingerprint density at radius 2 is 2.00 bits per heavy atom. The van der Waals surface area contributed by atoms with E-state index in [2.05, 4.69) is 71.4 Å². The van der Waals surface area contributed by atoms with Crippen LogP contribution in [0.2, 0.25) is 0 Å². The first-order chi connectivity index (χ1) is 15.2. The van der Waals surface area contributed by atoms with E-state index in [1.807, 2.05) is 13.0 Å². The van der Waals surface area contributed by atoms with E-state index in [1.54, 1.807) is 6.92 Å². The maximum absolute atomic E-state index is 9.60. The number of allylic oxidation sites excluding steroid dienone is 3. The molecule has 178 valence electrons. The summed E-state index contributed by atoms with van der Waals surface area (Å²) in [6, 6.07) is 2.28. The van der Waals surface area contributed by atoms with Gasteiger partial charge < -0.3 is 19.6 Å². The second-order valence-electron chi connectivity index (χ2n) is 9.48. The minimum atomic E-state index is -0.442. The zero-order valence-corrected chi connectivity index (χ0v) is 21.4. The van der Waals surface area contributed by atoms with Gasteiger partial charge in [-0.3, -0.25) is 0 Å². The number of ether oxygens (including phenoxy) is 1. The Bertz CT molecular complexity index is 887. The number of halogens is 1. The molecule has 1 aromatic rings. The lowest BCUT2D eigenvalue weighted by atomic mass is 9.64. The van der Waals surface area contributed by atoms with Crippen LogP contribution in [-0.2, 0) is 10.3 Å². The zero-order valence-electron chi connectivity index (χ0n) is 20.7. The first-order valence-corrected chi connectivity index (χ1v) is 12.4. The van der Waals surface area contributed by atoms with Gasteiger partial charge in [-0.2, -0.15) is 5.10 Å². The second-order valence-corrected chi connectivity index (χ2v) is 9.48. The summed E-state index contributed by atoms with van der Waals surface area (Å²) in [5, 5.41) is 18.9. The molecule has 0 aromatic carbocycles. The fourth-order valence-corrected chi connectivity index (χ4v) is 5.54. The number of anilines is 1. The van der Waals surface area contributed by atoms with Gasteiger partial charge in [-0.15, -0.1) is 16.7 Å². The van der Waals surface area contributed by atoms with Gasteiger partial charge in [0.2, 0.25) is 0 Å². The summed E-state index contributed by atoms with van der Waals surface area (Å²) in [7, 11) is 0. The normalized spacial score (nSPS) is 29.6. The monoisotopic (exact) mass is 462 g/mol. The summed E-state index contributed by atoms with van der Waals surface area (Å²) in [5.41, 5.74) is 4.27. The number of morpholine rings is 1. The highest BCUT2D eigenvalue weighted by Crippen LogP contribution is 2.58. The highest BCUT2D eigenvalue weighted by molar-refractivity contribution is 6.15. The molecule has 0 saturated carbocycles. The third kappa shape index (κ3) is 4.11. The molecule has 2 saturated heterocycles. The molecular formula is C25H39ClN4O2. The Balaban J connectivity index is 0.00000141. The van der Waals surface area contributed by atoms with Gasteiger partial charge >= 0.3 is 0 Å². The Kier molecular flexibility index (Phi) is 7.70. The molecule has 0 bridgehead atoms. The molecule has 2 fully saturated rings. The summed E-state index contributed by atoms with van der Waals surface area (Å²) in [4.78, 5) is 4.98. The van der Waals surface area contributed by atoms with E-state index < -0.39 is 6.10 Å². The molecule has 7 heteroatoms. The van der Waals surface area contributed by atoms with Crippen LogP contribution in [0.5, 0.6) is 0 Å². The van der Waals surface area contributed by atoms with Crippen molar-refractivity contribution in [3.8, 4) is 0 Å². The molecule has 32 heavy (non-hydrogen) atoms. The number of rotatable bonds is 5. The van der Waals surface area contributed by atoms with Crippen molar-refractivity contribution in [1.82, 2.24) is 15.1 Å². The van der Waals surface area contributed by atoms with Crippen molar-refractivity contribution in [3.05, 3.63) is 40.6 Å². The smallest absolute Gasteiger partial charge is 0.158 e. The fraction of sp³-hybridized carbons (Fsp3) is 0.680. The summed E-state index contributed by atoms with van der Waals surface area (Å²) in [6.07, 6.45) is 6.06. The molecule has 1 spiro atoms. The van der Waals surface area contributed by atoms with Crippen molar-refractivity contribution in [2.45, 2.75) is 71.1 Å². The number of piperidine rings is 1. The van der Waals surface area contributed by atoms with E-state index in [0.29, 0.717) is 0 Å². The summed E-state index contributed by atoms with van der Waals surface area (Å²) >= 11 is 4.64. The number of alkyl halides is 1. The van der Waals surface area contributed by atoms with Crippen LogP contribution in [0.15, 0.2) is 29.4 Å². The van der Waals surface area contributed by atoms with E-state index in [1.165, 1.54) is 17.5 Å². The fourth-order valence-electron chi connectivity index (χ4n) is 5.54. The van der Waals surface area contributed by atoms with Crippen LogP contribution in [0.25, 0.3) is 0 Å². The Morgan fingerprint density at radius 3 is 2.66 bits per heavy atom. The summed E-state index contributed by atoms with van der Waals surface area (Å²) in [5.74, 6) is 1.19. The number of aromatic nitrogens is 2. The van der Waals surface area contributed by atoms with Gasteiger partial charge in [0, 0.05) is 37.5 Å². The van der Waals surface area contributed by atoms with Crippen LogP contribution in [0.3, 0.4) is 0 Å². The lowest BCUT2D eigenvalue weighted by Gasteiger charge is -2.67. The maximum atomic E-state index is 9.60. The predicted molar refractivity (Wildman–Crippen MR) is 132 cm³/mol. The minimum Gasteiger partial charge on any atom is -0.389 e. The van der Waals surface area contributed by atoms with Crippen LogP contribution in [0, 0.1) is 0 Å². The van der Waals surface area contributed by atoms with Crippen molar-refractivity contribution in [2.24, 2.45) is 0 Å². The van der Waals surface area contributed by atoms with E-state index >= 15 is 0 Å². The highest BCUT2D eigenvalue weighted by atomic mass is 35.5. The quantitative estimate of drug-likeness (QED) is 0.521. The Morgan fingerprint density at radius 1 is 1.28 bits per heavy atom. The van der Waals surface area contributed by atoms with Crippen LogP contribution >= 0.6 is 11.6 Å². The first kappa shape index (κ1) is 25.2. The molecule has 4 atom stereocenters. The molecular weight excluding hydrogens is 424 g/mol. The van der Waals surface area contributed by atoms with E-state index in [-0.39, 0.29) is 17.1 Å². The van der Waals surface area contributed by atoms with Crippen molar-refractivity contribution >= 4 is 17.4 Å². The Labute approximate surface area is 198 Å². The largest absolute Gasteiger partial charge is 0.389 e. The number of fused-ring (bicyclic) bond motifs is 2. The van der Waals surface area contributed by atoms with Gasteiger partial charge in [0.05, 0.1) is 24.0 Å². The van der Waals surface area contributed by atoms with Crippen LogP contribution < -0.4 is 4.90 Å². The number of hydrogen-bond acceptors (Lipinski definition) is 6. The second kappa shape index (κ2) is 9.80. The van der Waals surface area contributed by atoms with Gasteiger partial charge in [-0.05, 0) is 46.7 Å². The average molecular weight is 463 g/mol. The standard InChI is InChI=1S/C24H36N4O2.CH3Cl/c1-7-27-9-8-23(6)24(15-27)20-14-21(25-26-22(20)28(24)10-11-30-23)19(5)17(3)12-16(2)13-18(4)29;1-2/h12-14,18-19,29H,7-11,15H2,1-6H3;1H3/b16-13-,17-12-;/t18?,19?,23-,24-;/m1./s1. The molecule has 0 radical (unpaired) electrons. The molecule has 1 N–H and O–H groups in total. The zero-order chi connectivity index (χ0) is 23.7. The molecule has 3 aliphatic heterocycles. The number of likely N-dealkylation sites (tertiary alicyclic amines) is 1. The topological polar surface area (TPSA) is 61.7 Å². The highest BCUT2D eigenvalue weighted by Gasteiger charge is 2.66. The van der Waals surface area contributed by atoms with Crippen molar-refractivity contribution in [3.63, 3.8) is 0 Å². The molecule has 0 aliphatic carbocycles. The lowest BCUT2D eigenvalue weighted by molar-refractivity contribution is -0.158. The van der Waals surface area contributed by atoms with Gasteiger partial charge in [0.15, 0.2) is 5.82 Å². The van der Waals surface area contributed by atoms with Crippen LogP contribution in [0.4, 0.5) is 5.82 Å². The summed E-state index contributed by atoms with van der Waals surface area (Å²) in [6.45, 7) is 17.4. The molecule has 4 rings (SSSR count). The molecule has 6 nitrogen and oxygen atoms in total. The van der Waals surface area contributed by atoms with Crippen molar-refractivity contribution in [2.75, 3.05) is 44.1 Å². The molecule has 2 unspecified atom stereocenters. The number of aliphatic hydroxyl groups is 1. The Hall–Kier alpha value is -1.47. The van der Waals surface area contributed by atoms with Gasteiger partial charge in [-0.25, -0.2) is 0 Å². The summed E-state index contributed by atoms with van der Waals surface area (Å²) < 4.78 is 6.42. The van der Waals surface area contributed by atoms with E-state index in [9.17, 15) is 5.11 Å². The maximum Gasteiger partial charge on any atom is 0.158 e. The number of aliphatic hydroxyl groups excluding tert-OH is 1. The van der Waals surface area contributed by atoms with Crippen LogP contribution in [0.1, 0.15) is 65.1 Å². The molecule has 4 heterocycles. The van der Waals surface area contributed by atoms with Gasteiger partial charge in [0.25, 0.3) is 0 Å².